The number of aliphatic hydroxyl groups excluding tert-OH is 1. The standard InChI is InChI=1S/C12H15F2NO2/c1-2-15(6-7-16)11(17)8-9-4-3-5-10(13)12(9)14/h3-5,16H,2,6-8H2,1H3. The average Bonchev–Trinajstić information content (AvgIpc) is 2.31. The van der Waals surface area contributed by atoms with Gasteiger partial charge in [-0.05, 0) is 13.0 Å². The van der Waals surface area contributed by atoms with E-state index in [1.807, 2.05) is 0 Å². The van der Waals surface area contributed by atoms with E-state index in [0.717, 1.165) is 6.07 Å². The summed E-state index contributed by atoms with van der Waals surface area (Å²) in [4.78, 5) is 13.1. The van der Waals surface area contributed by atoms with Crippen LogP contribution in [0.4, 0.5) is 8.78 Å². The molecule has 0 saturated heterocycles. The molecule has 94 valence electrons. The van der Waals surface area contributed by atoms with E-state index in [2.05, 4.69) is 0 Å². The first-order chi connectivity index (χ1) is 8.10. The number of likely N-dealkylation sites (N-methyl/N-ethyl adjacent to an activating group) is 1. The molecule has 0 radical (unpaired) electrons. The molecule has 0 atom stereocenters. The summed E-state index contributed by atoms with van der Waals surface area (Å²) < 4.78 is 26.2. The molecule has 5 heteroatoms. The molecule has 1 aromatic rings. The zero-order valence-electron chi connectivity index (χ0n) is 9.62. The molecule has 0 spiro atoms. The molecule has 0 heterocycles. The van der Waals surface area contributed by atoms with Crippen LogP contribution in [0.15, 0.2) is 18.2 Å². The number of hydrogen-bond acceptors (Lipinski definition) is 2. The molecule has 0 unspecified atom stereocenters. The van der Waals surface area contributed by atoms with Crippen molar-refractivity contribution >= 4 is 5.91 Å². The van der Waals surface area contributed by atoms with Crippen molar-refractivity contribution in [2.75, 3.05) is 19.7 Å². The van der Waals surface area contributed by atoms with Crippen molar-refractivity contribution < 1.29 is 18.7 Å². The zero-order chi connectivity index (χ0) is 12.8. The average molecular weight is 243 g/mol. The molecule has 17 heavy (non-hydrogen) atoms. The Bertz CT molecular complexity index is 396. The van der Waals surface area contributed by atoms with Crippen LogP contribution in [-0.4, -0.2) is 35.6 Å². The minimum atomic E-state index is -0.985. The first kappa shape index (κ1) is 13.6. The second-order valence-electron chi connectivity index (χ2n) is 3.59. The highest BCUT2D eigenvalue weighted by molar-refractivity contribution is 5.78. The van der Waals surface area contributed by atoms with E-state index in [0.29, 0.717) is 6.54 Å². The Morgan fingerprint density at radius 3 is 2.71 bits per heavy atom. The fourth-order valence-corrected chi connectivity index (χ4v) is 1.54. The van der Waals surface area contributed by atoms with Gasteiger partial charge in [-0.2, -0.15) is 0 Å². The third-order valence-corrected chi connectivity index (χ3v) is 2.48. The maximum absolute atomic E-state index is 13.3. The van der Waals surface area contributed by atoms with Gasteiger partial charge in [0, 0.05) is 18.7 Å². The first-order valence-electron chi connectivity index (χ1n) is 5.41. The second-order valence-corrected chi connectivity index (χ2v) is 3.59. The molecule has 0 aliphatic carbocycles. The maximum atomic E-state index is 13.3. The van der Waals surface area contributed by atoms with Crippen molar-refractivity contribution in [2.45, 2.75) is 13.3 Å². The SMILES string of the molecule is CCN(CCO)C(=O)Cc1cccc(F)c1F. The van der Waals surface area contributed by atoms with Crippen LogP contribution in [0.1, 0.15) is 12.5 Å². The van der Waals surface area contributed by atoms with Gasteiger partial charge in [0.1, 0.15) is 0 Å². The summed E-state index contributed by atoms with van der Waals surface area (Å²) in [6, 6.07) is 3.75. The molecular weight excluding hydrogens is 228 g/mol. The van der Waals surface area contributed by atoms with E-state index in [1.165, 1.54) is 17.0 Å². The molecule has 0 saturated carbocycles. The van der Waals surface area contributed by atoms with Crippen LogP contribution in [0.3, 0.4) is 0 Å². The lowest BCUT2D eigenvalue weighted by molar-refractivity contribution is -0.130. The molecule has 3 nitrogen and oxygen atoms in total. The van der Waals surface area contributed by atoms with E-state index in [1.54, 1.807) is 6.92 Å². The summed E-state index contributed by atoms with van der Waals surface area (Å²) >= 11 is 0. The Morgan fingerprint density at radius 1 is 1.41 bits per heavy atom. The van der Waals surface area contributed by atoms with Crippen molar-refractivity contribution in [1.82, 2.24) is 4.90 Å². The lowest BCUT2D eigenvalue weighted by Crippen LogP contribution is -2.34. The van der Waals surface area contributed by atoms with Gasteiger partial charge in [0.25, 0.3) is 0 Å². The molecule has 0 bridgehead atoms. The van der Waals surface area contributed by atoms with Crippen molar-refractivity contribution in [1.29, 1.82) is 0 Å². The number of benzene rings is 1. The van der Waals surface area contributed by atoms with Crippen molar-refractivity contribution in [3.8, 4) is 0 Å². The number of halogens is 2. The number of rotatable bonds is 5. The minimum Gasteiger partial charge on any atom is -0.395 e. The van der Waals surface area contributed by atoms with E-state index < -0.39 is 11.6 Å². The van der Waals surface area contributed by atoms with E-state index in [9.17, 15) is 13.6 Å². The molecule has 0 aliphatic rings. The smallest absolute Gasteiger partial charge is 0.227 e. The van der Waals surface area contributed by atoms with E-state index >= 15 is 0 Å². The molecule has 1 aromatic carbocycles. The highest BCUT2D eigenvalue weighted by Crippen LogP contribution is 2.12. The van der Waals surface area contributed by atoms with Crippen LogP contribution < -0.4 is 0 Å². The number of amides is 1. The highest BCUT2D eigenvalue weighted by Gasteiger charge is 2.15. The number of carbonyl (C=O) groups is 1. The lowest BCUT2D eigenvalue weighted by Gasteiger charge is -2.19. The van der Waals surface area contributed by atoms with Crippen LogP contribution in [-0.2, 0) is 11.2 Å². The Kier molecular flexibility index (Phi) is 5.03. The molecule has 0 aromatic heterocycles. The second kappa shape index (κ2) is 6.30. The Hall–Kier alpha value is -1.49. The highest BCUT2D eigenvalue weighted by atomic mass is 19.2. The summed E-state index contributed by atoms with van der Waals surface area (Å²) in [5.41, 5.74) is 0.0337. The fourth-order valence-electron chi connectivity index (χ4n) is 1.54. The van der Waals surface area contributed by atoms with E-state index in [-0.39, 0.29) is 31.0 Å². The van der Waals surface area contributed by atoms with E-state index in [4.69, 9.17) is 5.11 Å². The van der Waals surface area contributed by atoms with Crippen molar-refractivity contribution in [3.63, 3.8) is 0 Å². The van der Waals surface area contributed by atoms with Crippen LogP contribution in [0.2, 0.25) is 0 Å². The number of hydrogen-bond donors (Lipinski definition) is 1. The topological polar surface area (TPSA) is 40.5 Å². The number of nitrogens with zero attached hydrogens (tertiary/aromatic N) is 1. The monoisotopic (exact) mass is 243 g/mol. The Balaban J connectivity index is 2.76. The minimum absolute atomic E-state index is 0.0337. The molecule has 1 N–H and O–H groups in total. The summed E-state index contributed by atoms with van der Waals surface area (Å²) in [5, 5.41) is 8.75. The molecule has 1 rings (SSSR count). The summed E-state index contributed by atoms with van der Waals surface area (Å²) in [7, 11) is 0. The summed E-state index contributed by atoms with van der Waals surface area (Å²) in [6.07, 6.45) is -0.197. The molecule has 1 amide bonds. The van der Waals surface area contributed by atoms with Gasteiger partial charge in [0.05, 0.1) is 13.0 Å². The van der Waals surface area contributed by atoms with Gasteiger partial charge in [-0.15, -0.1) is 0 Å². The normalized spacial score (nSPS) is 10.4. The summed E-state index contributed by atoms with van der Waals surface area (Å²) in [6.45, 7) is 2.24. The van der Waals surface area contributed by atoms with Gasteiger partial charge in [-0.25, -0.2) is 8.78 Å². The largest absolute Gasteiger partial charge is 0.395 e. The van der Waals surface area contributed by atoms with Gasteiger partial charge in [0.2, 0.25) is 5.91 Å². The van der Waals surface area contributed by atoms with Crippen molar-refractivity contribution in [3.05, 3.63) is 35.4 Å². The molecule has 0 fully saturated rings. The quantitative estimate of drug-likeness (QED) is 0.848. The predicted molar refractivity (Wildman–Crippen MR) is 59.4 cm³/mol. The van der Waals surface area contributed by atoms with Gasteiger partial charge in [-0.1, -0.05) is 12.1 Å². The number of carbonyl (C=O) groups excluding carboxylic acids is 1. The van der Waals surface area contributed by atoms with Gasteiger partial charge >= 0.3 is 0 Å². The van der Waals surface area contributed by atoms with Crippen molar-refractivity contribution in [2.24, 2.45) is 0 Å². The zero-order valence-corrected chi connectivity index (χ0v) is 9.62. The van der Waals surface area contributed by atoms with Crippen LogP contribution in [0.5, 0.6) is 0 Å². The lowest BCUT2D eigenvalue weighted by atomic mass is 10.1. The van der Waals surface area contributed by atoms with Gasteiger partial charge in [-0.3, -0.25) is 4.79 Å². The fraction of sp³-hybridized carbons (Fsp3) is 0.417. The predicted octanol–water partition coefficient (Wildman–Crippen LogP) is 1.35. The third-order valence-electron chi connectivity index (χ3n) is 2.48. The van der Waals surface area contributed by atoms with Gasteiger partial charge < -0.3 is 10.0 Å². The van der Waals surface area contributed by atoms with Crippen LogP contribution in [0.25, 0.3) is 0 Å². The van der Waals surface area contributed by atoms with Crippen LogP contribution >= 0.6 is 0 Å². The van der Waals surface area contributed by atoms with Crippen LogP contribution in [0, 0.1) is 11.6 Å². The maximum Gasteiger partial charge on any atom is 0.227 e. The summed E-state index contributed by atoms with van der Waals surface area (Å²) in [5.74, 6) is -2.27. The third kappa shape index (κ3) is 3.49. The Morgan fingerprint density at radius 2 is 2.12 bits per heavy atom. The molecular formula is C12H15F2NO2. The first-order valence-corrected chi connectivity index (χ1v) is 5.41. The van der Waals surface area contributed by atoms with Gasteiger partial charge in [0.15, 0.2) is 11.6 Å². The number of aliphatic hydroxyl groups is 1. The Labute approximate surface area is 98.7 Å². The molecule has 0 aliphatic heterocycles.